The van der Waals surface area contributed by atoms with Crippen molar-refractivity contribution < 1.29 is 10.6 Å². The lowest BCUT2D eigenvalue weighted by Gasteiger charge is -2.13. The molecule has 0 amide bonds. The highest BCUT2D eigenvalue weighted by Crippen LogP contribution is 1.81. The fourth-order valence-corrected chi connectivity index (χ4v) is 1.70. The van der Waals surface area contributed by atoms with Crippen LogP contribution in [0, 0.1) is 0 Å². The zero-order valence-corrected chi connectivity index (χ0v) is 15.7. The van der Waals surface area contributed by atoms with E-state index >= 15 is 0 Å². The molecule has 0 fully saturated rings. The standard InChI is InChI=1S/C6H16N2.C6H15N.C4H11N/c1-4-8(5-2)6-7-3;1-4-7(5-2)6-3;1-3-4-5-2/h7H,4-6H2,1-3H3;4-6H2,1-3H3;5H,3-4H2,1-2H3/p+2. The Morgan fingerprint density at radius 1 is 0.600 bits per heavy atom. The lowest BCUT2D eigenvalue weighted by Crippen LogP contribution is -2.83. The zero-order valence-electron chi connectivity index (χ0n) is 15.7. The topological polar surface area (TPSA) is 39.7 Å². The molecule has 0 spiro atoms. The van der Waals surface area contributed by atoms with Gasteiger partial charge in [0.15, 0.2) is 0 Å². The first kappa shape index (κ1) is 24.8. The minimum atomic E-state index is 1.13. The van der Waals surface area contributed by atoms with E-state index in [1.54, 1.807) is 0 Å². The van der Waals surface area contributed by atoms with Crippen molar-refractivity contribution in [3.63, 3.8) is 0 Å². The molecule has 0 aliphatic rings. The summed E-state index contributed by atoms with van der Waals surface area (Å²) in [4.78, 5) is 4.75. The van der Waals surface area contributed by atoms with E-state index in [4.69, 9.17) is 0 Å². The third-order valence-corrected chi connectivity index (χ3v) is 3.25. The van der Waals surface area contributed by atoms with Crippen molar-refractivity contribution in [3.8, 4) is 0 Å². The van der Waals surface area contributed by atoms with Gasteiger partial charge in [0.25, 0.3) is 0 Å². The van der Waals surface area contributed by atoms with Gasteiger partial charge in [-0.3, -0.25) is 4.90 Å². The summed E-state index contributed by atoms with van der Waals surface area (Å²) < 4.78 is 0. The molecule has 4 heteroatoms. The van der Waals surface area contributed by atoms with Gasteiger partial charge in [0.2, 0.25) is 0 Å². The summed E-state index contributed by atoms with van der Waals surface area (Å²) in [7, 11) is 4.18. The second-order valence-electron chi connectivity index (χ2n) is 4.71. The molecule has 0 atom stereocenters. The van der Waals surface area contributed by atoms with Crippen molar-refractivity contribution in [2.75, 3.05) is 60.0 Å². The van der Waals surface area contributed by atoms with E-state index in [2.05, 4.69) is 76.1 Å². The van der Waals surface area contributed by atoms with Crippen molar-refractivity contribution in [1.82, 2.24) is 9.80 Å². The normalized spacial score (nSPS) is 9.90. The number of hydrogen-bond acceptors (Lipinski definition) is 2. The van der Waals surface area contributed by atoms with Gasteiger partial charge < -0.3 is 15.5 Å². The Kier molecular flexibility index (Phi) is 29.7. The average Bonchev–Trinajstić information content (AvgIpc) is 2.49. The van der Waals surface area contributed by atoms with Gasteiger partial charge >= 0.3 is 0 Å². The first-order chi connectivity index (χ1) is 9.61. The lowest BCUT2D eigenvalue weighted by molar-refractivity contribution is -0.644. The summed E-state index contributed by atoms with van der Waals surface area (Å²) in [6, 6.07) is 0. The van der Waals surface area contributed by atoms with E-state index in [0.717, 1.165) is 6.67 Å². The largest absolute Gasteiger partial charge is 0.349 e. The van der Waals surface area contributed by atoms with E-state index in [0.29, 0.717) is 0 Å². The third-order valence-electron chi connectivity index (χ3n) is 3.25. The molecule has 0 heterocycles. The van der Waals surface area contributed by atoms with Crippen LogP contribution < -0.4 is 10.6 Å². The molecule has 0 rings (SSSR count). The maximum Gasteiger partial charge on any atom is 0.131 e. The Morgan fingerprint density at radius 3 is 1.05 bits per heavy atom. The molecule has 0 radical (unpaired) electrons. The minimum absolute atomic E-state index is 1.13. The van der Waals surface area contributed by atoms with Crippen LogP contribution in [0.3, 0.4) is 0 Å². The summed E-state index contributed by atoms with van der Waals surface area (Å²) in [6.07, 6.45) is 1.29. The third kappa shape index (κ3) is 23.0. The van der Waals surface area contributed by atoms with Crippen molar-refractivity contribution >= 4 is 0 Å². The summed E-state index contributed by atoms with van der Waals surface area (Å²) in [5.41, 5.74) is 0. The van der Waals surface area contributed by atoms with E-state index in [1.807, 2.05) is 0 Å². The number of nitrogens with zero attached hydrogens (tertiary/aromatic N) is 2. The smallest absolute Gasteiger partial charge is 0.131 e. The lowest BCUT2D eigenvalue weighted by atomic mass is 10.5. The quantitative estimate of drug-likeness (QED) is 0.605. The summed E-state index contributed by atoms with van der Waals surface area (Å²) >= 11 is 0. The Morgan fingerprint density at radius 2 is 1.00 bits per heavy atom. The highest BCUT2D eigenvalue weighted by Gasteiger charge is 1.95. The van der Waals surface area contributed by atoms with Crippen molar-refractivity contribution in [3.05, 3.63) is 0 Å². The predicted octanol–water partition coefficient (Wildman–Crippen LogP) is 0.417. The first-order valence-electron chi connectivity index (χ1n) is 8.61. The molecule has 0 unspecified atom stereocenters. The van der Waals surface area contributed by atoms with E-state index < -0.39 is 0 Å². The molecule has 0 aromatic rings. The highest BCUT2D eigenvalue weighted by atomic mass is 15.2. The van der Waals surface area contributed by atoms with Gasteiger partial charge in [-0.15, -0.1) is 0 Å². The SMILES string of the molecule is CCC[NH2+]C.CCN(CC)CC.CCN(CC)C[NH2+]C. The van der Waals surface area contributed by atoms with E-state index in [1.165, 1.54) is 45.7 Å². The fraction of sp³-hybridized carbons (Fsp3) is 1.00. The van der Waals surface area contributed by atoms with Crippen LogP contribution in [0.5, 0.6) is 0 Å². The van der Waals surface area contributed by atoms with Gasteiger partial charge in [-0.2, -0.15) is 0 Å². The summed E-state index contributed by atoms with van der Waals surface area (Å²) in [6.45, 7) is 21.4. The van der Waals surface area contributed by atoms with Crippen LogP contribution in [-0.2, 0) is 0 Å². The maximum atomic E-state index is 2.38. The van der Waals surface area contributed by atoms with Gasteiger partial charge in [-0.1, -0.05) is 41.5 Å². The average molecular weight is 293 g/mol. The molecule has 0 aliphatic carbocycles. The summed E-state index contributed by atoms with van der Waals surface area (Å²) in [5, 5.41) is 4.37. The van der Waals surface area contributed by atoms with E-state index in [9.17, 15) is 0 Å². The first-order valence-corrected chi connectivity index (χ1v) is 8.61. The molecular weight excluding hydrogens is 248 g/mol. The molecular formula is C16H44N4+2. The monoisotopic (exact) mass is 292 g/mol. The summed E-state index contributed by atoms with van der Waals surface area (Å²) in [5.74, 6) is 0. The second kappa shape index (κ2) is 23.9. The zero-order chi connectivity index (χ0) is 16.2. The van der Waals surface area contributed by atoms with Crippen molar-refractivity contribution in [1.29, 1.82) is 0 Å². The van der Waals surface area contributed by atoms with Crippen molar-refractivity contribution in [2.45, 2.75) is 48.0 Å². The molecule has 0 aromatic heterocycles. The highest BCUT2D eigenvalue weighted by molar-refractivity contribution is 4.43. The molecule has 0 saturated heterocycles. The molecule has 0 saturated carbocycles. The molecule has 4 nitrogen and oxygen atoms in total. The van der Waals surface area contributed by atoms with Crippen LogP contribution in [0.4, 0.5) is 0 Å². The number of nitrogens with two attached hydrogens (primary N) is 2. The minimum Gasteiger partial charge on any atom is -0.349 e. The number of quaternary nitrogens is 2. The Balaban J connectivity index is -0.000000223. The number of hydrogen-bond donors (Lipinski definition) is 2. The van der Waals surface area contributed by atoms with Gasteiger partial charge in [0, 0.05) is 13.1 Å². The van der Waals surface area contributed by atoms with Crippen LogP contribution in [0.2, 0.25) is 0 Å². The van der Waals surface area contributed by atoms with Crippen molar-refractivity contribution in [2.24, 2.45) is 0 Å². The number of rotatable bonds is 9. The molecule has 4 N–H and O–H groups in total. The Bertz CT molecular complexity index is 127. The maximum absolute atomic E-state index is 2.38. The second-order valence-corrected chi connectivity index (χ2v) is 4.71. The Labute approximate surface area is 129 Å². The van der Waals surface area contributed by atoms with Crippen LogP contribution in [0.1, 0.15) is 48.0 Å². The molecule has 126 valence electrons. The van der Waals surface area contributed by atoms with Gasteiger partial charge in [-0.25, -0.2) is 0 Å². The molecule has 0 bridgehead atoms. The van der Waals surface area contributed by atoms with Crippen LogP contribution in [-0.4, -0.2) is 69.8 Å². The fourth-order valence-electron chi connectivity index (χ4n) is 1.70. The van der Waals surface area contributed by atoms with Crippen LogP contribution >= 0.6 is 0 Å². The molecule has 0 aliphatic heterocycles. The molecule has 20 heavy (non-hydrogen) atoms. The van der Waals surface area contributed by atoms with Gasteiger partial charge in [0.1, 0.15) is 6.67 Å². The Hall–Kier alpha value is -0.160. The van der Waals surface area contributed by atoms with Gasteiger partial charge in [-0.05, 0) is 26.1 Å². The molecule has 0 aromatic carbocycles. The van der Waals surface area contributed by atoms with Gasteiger partial charge in [0.05, 0.1) is 20.6 Å². The van der Waals surface area contributed by atoms with Crippen LogP contribution in [0.25, 0.3) is 0 Å². The predicted molar refractivity (Wildman–Crippen MR) is 92.1 cm³/mol. The van der Waals surface area contributed by atoms with Crippen LogP contribution in [0.15, 0.2) is 0 Å². The van der Waals surface area contributed by atoms with E-state index in [-0.39, 0.29) is 0 Å².